The van der Waals surface area contributed by atoms with Gasteiger partial charge in [0.1, 0.15) is 0 Å². The highest BCUT2D eigenvalue weighted by atomic mass is 32.1. The Morgan fingerprint density at radius 3 is 3.09 bits per heavy atom. The molecule has 0 aliphatic carbocycles. The molecule has 3 rings (SSSR count). The van der Waals surface area contributed by atoms with Gasteiger partial charge in [0.05, 0.1) is 18.3 Å². The van der Waals surface area contributed by atoms with Gasteiger partial charge in [0.25, 0.3) is 0 Å². The van der Waals surface area contributed by atoms with E-state index < -0.39 is 0 Å². The number of fused-ring (bicyclic) bond motifs is 1. The van der Waals surface area contributed by atoms with Crippen molar-refractivity contribution in [3.63, 3.8) is 0 Å². The second-order valence-corrected chi connectivity index (χ2v) is 6.42. The van der Waals surface area contributed by atoms with Crippen LogP contribution in [0.2, 0.25) is 0 Å². The van der Waals surface area contributed by atoms with Gasteiger partial charge in [-0.05, 0) is 36.4 Å². The van der Waals surface area contributed by atoms with Crippen molar-refractivity contribution in [2.24, 2.45) is 0 Å². The first kappa shape index (κ1) is 14.8. The average Bonchev–Trinajstić information content (AvgIpc) is 3.15. The predicted octanol–water partition coefficient (Wildman–Crippen LogP) is 3.50. The summed E-state index contributed by atoms with van der Waals surface area (Å²) < 4.78 is 1.98. The fourth-order valence-corrected chi connectivity index (χ4v) is 3.08. The Morgan fingerprint density at radius 1 is 1.36 bits per heavy atom. The second-order valence-electron chi connectivity index (χ2n) is 5.39. The topological polar surface area (TPSA) is 46.9 Å². The monoisotopic (exact) mass is 313 g/mol. The van der Waals surface area contributed by atoms with E-state index in [1.165, 1.54) is 10.4 Å². The van der Waals surface area contributed by atoms with Gasteiger partial charge in [0.15, 0.2) is 0 Å². The SMILES string of the molecule is Cc1ccc2cnn(CCCC(=O)NCc3cccs3)c2c1. The molecule has 22 heavy (non-hydrogen) atoms. The maximum atomic E-state index is 11.8. The van der Waals surface area contributed by atoms with Gasteiger partial charge in [-0.3, -0.25) is 9.48 Å². The van der Waals surface area contributed by atoms with Crippen molar-refractivity contribution >= 4 is 28.1 Å². The first-order valence-electron chi connectivity index (χ1n) is 7.43. The van der Waals surface area contributed by atoms with E-state index in [1.807, 2.05) is 28.4 Å². The minimum Gasteiger partial charge on any atom is -0.351 e. The number of nitrogens with zero attached hydrogens (tertiary/aromatic N) is 2. The van der Waals surface area contributed by atoms with Crippen LogP contribution in [0.1, 0.15) is 23.3 Å². The number of nitrogens with one attached hydrogen (secondary N) is 1. The zero-order valence-corrected chi connectivity index (χ0v) is 13.4. The number of hydrogen-bond acceptors (Lipinski definition) is 3. The highest BCUT2D eigenvalue weighted by Gasteiger charge is 2.05. The molecular weight excluding hydrogens is 294 g/mol. The molecule has 1 amide bonds. The molecule has 0 atom stereocenters. The summed E-state index contributed by atoms with van der Waals surface area (Å²) in [5.74, 6) is 0.0982. The quantitative estimate of drug-likeness (QED) is 0.757. The molecule has 2 aromatic heterocycles. The van der Waals surface area contributed by atoms with E-state index in [4.69, 9.17) is 0 Å². The van der Waals surface area contributed by atoms with Gasteiger partial charge < -0.3 is 5.32 Å². The van der Waals surface area contributed by atoms with Crippen LogP contribution < -0.4 is 5.32 Å². The lowest BCUT2D eigenvalue weighted by molar-refractivity contribution is -0.121. The predicted molar refractivity (Wildman–Crippen MR) is 89.9 cm³/mol. The van der Waals surface area contributed by atoms with Crippen LogP contribution >= 0.6 is 11.3 Å². The van der Waals surface area contributed by atoms with Crippen LogP contribution in [0.25, 0.3) is 10.9 Å². The number of thiophene rings is 1. The number of carbonyl (C=O) groups excluding carboxylic acids is 1. The van der Waals surface area contributed by atoms with Crippen molar-refractivity contribution < 1.29 is 4.79 Å². The van der Waals surface area contributed by atoms with Crippen LogP contribution in [-0.4, -0.2) is 15.7 Å². The van der Waals surface area contributed by atoms with Gasteiger partial charge in [0.2, 0.25) is 5.91 Å². The van der Waals surface area contributed by atoms with E-state index in [9.17, 15) is 4.79 Å². The van der Waals surface area contributed by atoms with Crippen LogP contribution in [0.3, 0.4) is 0 Å². The van der Waals surface area contributed by atoms with Crippen molar-refractivity contribution in [1.29, 1.82) is 0 Å². The Hall–Kier alpha value is -2.14. The number of rotatable bonds is 6. The van der Waals surface area contributed by atoms with E-state index in [-0.39, 0.29) is 5.91 Å². The molecule has 0 saturated carbocycles. The summed E-state index contributed by atoms with van der Waals surface area (Å²) in [6, 6.07) is 10.3. The molecule has 1 N–H and O–H groups in total. The average molecular weight is 313 g/mol. The third kappa shape index (κ3) is 3.54. The maximum Gasteiger partial charge on any atom is 0.220 e. The van der Waals surface area contributed by atoms with E-state index in [2.05, 4.69) is 35.5 Å². The van der Waals surface area contributed by atoms with Crippen LogP contribution in [-0.2, 0) is 17.9 Å². The highest BCUT2D eigenvalue weighted by molar-refractivity contribution is 7.09. The molecule has 0 radical (unpaired) electrons. The molecule has 0 bridgehead atoms. The lowest BCUT2D eigenvalue weighted by atomic mass is 10.2. The molecule has 0 aliphatic rings. The number of benzene rings is 1. The molecule has 0 fully saturated rings. The molecule has 0 saturated heterocycles. The van der Waals surface area contributed by atoms with Crippen LogP contribution in [0.15, 0.2) is 41.9 Å². The molecule has 0 spiro atoms. The third-order valence-corrected chi connectivity index (χ3v) is 4.49. The molecule has 5 heteroatoms. The lowest BCUT2D eigenvalue weighted by Crippen LogP contribution is -2.22. The van der Waals surface area contributed by atoms with Crippen molar-refractivity contribution in [2.45, 2.75) is 32.9 Å². The standard InChI is InChI=1S/C17H19N3OS/c1-13-6-7-14-11-19-20(16(14)10-13)8-2-5-17(21)18-12-15-4-3-9-22-15/h3-4,6-7,9-11H,2,5,8,12H2,1H3,(H,18,21). The fraction of sp³-hybridized carbons (Fsp3) is 0.294. The first-order chi connectivity index (χ1) is 10.7. The molecule has 0 aliphatic heterocycles. The summed E-state index contributed by atoms with van der Waals surface area (Å²) in [7, 11) is 0. The van der Waals surface area contributed by atoms with E-state index >= 15 is 0 Å². The van der Waals surface area contributed by atoms with Crippen LogP contribution in [0.4, 0.5) is 0 Å². The summed E-state index contributed by atoms with van der Waals surface area (Å²) in [6.45, 7) is 3.47. The number of aryl methyl sites for hydroxylation is 2. The van der Waals surface area contributed by atoms with Crippen molar-refractivity contribution in [3.05, 3.63) is 52.3 Å². The molecule has 3 aromatic rings. The molecule has 4 nitrogen and oxygen atoms in total. The number of aromatic nitrogens is 2. The Kier molecular flexibility index (Phi) is 4.53. The van der Waals surface area contributed by atoms with E-state index in [0.717, 1.165) is 23.9 Å². The van der Waals surface area contributed by atoms with Crippen molar-refractivity contribution in [2.75, 3.05) is 0 Å². The van der Waals surface area contributed by atoms with Crippen LogP contribution in [0.5, 0.6) is 0 Å². The number of hydrogen-bond donors (Lipinski definition) is 1. The van der Waals surface area contributed by atoms with Gasteiger partial charge in [-0.15, -0.1) is 11.3 Å². The normalized spacial score (nSPS) is 11.0. The van der Waals surface area contributed by atoms with Crippen LogP contribution in [0, 0.1) is 6.92 Å². The fourth-order valence-electron chi connectivity index (χ4n) is 2.44. The zero-order chi connectivity index (χ0) is 15.4. The third-order valence-electron chi connectivity index (χ3n) is 3.61. The largest absolute Gasteiger partial charge is 0.351 e. The summed E-state index contributed by atoms with van der Waals surface area (Å²) in [4.78, 5) is 13.0. The van der Waals surface area contributed by atoms with Gasteiger partial charge in [-0.25, -0.2) is 0 Å². The summed E-state index contributed by atoms with van der Waals surface area (Å²) in [5.41, 5.74) is 2.36. The zero-order valence-electron chi connectivity index (χ0n) is 12.6. The highest BCUT2D eigenvalue weighted by Crippen LogP contribution is 2.16. The molecule has 0 unspecified atom stereocenters. The first-order valence-corrected chi connectivity index (χ1v) is 8.31. The Bertz CT molecular complexity index is 761. The molecule has 1 aromatic carbocycles. The summed E-state index contributed by atoms with van der Waals surface area (Å²) in [6.07, 6.45) is 3.20. The lowest BCUT2D eigenvalue weighted by Gasteiger charge is -2.05. The number of carbonyl (C=O) groups is 1. The molecule has 2 heterocycles. The minimum absolute atomic E-state index is 0.0982. The van der Waals surface area contributed by atoms with Crippen molar-refractivity contribution in [1.82, 2.24) is 15.1 Å². The number of amides is 1. The maximum absolute atomic E-state index is 11.8. The van der Waals surface area contributed by atoms with E-state index in [1.54, 1.807) is 11.3 Å². The van der Waals surface area contributed by atoms with Crippen molar-refractivity contribution in [3.8, 4) is 0 Å². The van der Waals surface area contributed by atoms with E-state index in [0.29, 0.717) is 13.0 Å². The second kappa shape index (κ2) is 6.75. The minimum atomic E-state index is 0.0982. The Balaban J connectivity index is 1.49. The van der Waals surface area contributed by atoms with Gasteiger partial charge in [-0.1, -0.05) is 18.2 Å². The smallest absolute Gasteiger partial charge is 0.220 e. The summed E-state index contributed by atoms with van der Waals surface area (Å²) >= 11 is 1.66. The Morgan fingerprint density at radius 2 is 2.27 bits per heavy atom. The Labute approximate surface area is 133 Å². The summed E-state index contributed by atoms with van der Waals surface area (Å²) in [5, 5.41) is 10.5. The molecular formula is C17H19N3OS. The van der Waals surface area contributed by atoms with Gasteiger partial charge in [0, 0.05) is 23.2 Å². The van der Waals surface area contributed by atoms with Gasteiger partial charge >= 0.3 is 0 Å². The molecule has 114 valence electrons. The van der Waals surface area contributed by atoms with Gasteiger partial charge in [-0.2, -0.15) is 5.10 Å².